The number of nitrogens with one attached hydrogen (secondary N) is 1. The summed E-state index contributed by atoms with van der Waals surface area (Å²) in [4.78, 5) is 22.8. The van der Waals surface area contributed by atoms with Gasteiger partial charge in [-0.25, -0.2) is 4.98 Å². The lowest BCUT2D eigenvalue weighted by Crippen LogP contribution is -2.40. The van der Waals surface area contributed by atoms with E-state index in [0.717, 1.165) is 51.0 Å². The molecule has 0 radical (unpaired) electrons. The molecule has 148 valence electrons. The molecule has 1 amide bonds. The molecule has 1 aliphatic heterocycles. The quantitative estimate of drug-likeness (QED) is 0.545. The summed E-state index contributed by atoms with van der Waals surface area (Å²) in [6.45, 7) is 2.69. The third-order valence-electron chi connectivity index (χ3n) is 5.32. The maximum absolute atomic E-state index is 13.2. The minimum absolute atomic E-state index is 0.0809. The number of furan rings is 1. The number of rotatable bonds is 5. The molecule has 0 fully saturated rings. The van der Waals surface area contributed by atoms with Gasteiger partial charge in [0.2, 0.25) is 5.91 Å². The van der Waals surface area contributed by atoms with Crippen LogP contribution in [0.3, 0.4) is 0 Å². The van der Waals surface area contributed by atoms with Crippen LogP contribution in [0.15, 0.2) is 41.1 Å². The predicted octanol–water partition coefficient (Wildman–Crippen LogP) is 3.68. The number of aromatic amines is 1. The number of H-pyrrole nitrogens is 1. The molecular weight excluding hydrogens is 386 g/mol. The molecule has 0 bridgehead atoms. The normalized spacial score (nSPS) is 16.3. The highest BCUT2D eigenvalue weighted by Crippen LogP contribution is 2.36. The van der Waals surface area contributed by atoms with Crippen LogP contribution in [0.1, 0.15) is 46.5 Å². The van der Waals surface area contributed by atoms with Gasteiger partial charge < -0.3 is 14.3 Å². The van der Waals surface area contributed by atoms with Gasteiger partial charge in [-0.1, -0.05) is 25.1 Å². The van der Waals surface area contributed by atoms with Crippen molar-refractivity contribution in [3.8, 4) is 0 Å². The third-order valence-corrected chi connectivity index (χ3v) is 6.45. The van der Waals surface area contributed by atoms with Crippen LogP contribution in [-0.2, 0) is 24.1 Å². The maximum Gasteiger partial charge on any atom is 0.223 e. The van der Waals surface area contributed by atoms with E-state index in [2.05, 4.69) is 27.1 Å². The van der Waals surface area contributed by atoms with Crippen molar-refractivity contribution >= 4 is 28.2 Å². The zero-order chi connectivity index (χ0) is 19.8. The Kier molecular flexibility index (Phi) is 4.63. The Bertz CT molecular complexity index is 1130. The van der Waals surface area contributed by atoms with Gasteiger partial charge in [-0.2, -0.15) is 0 Å². The number of benzene rings is 1. The fourth-order valence-corrected chi connectivity index (χ4v) is 4.64. The second-order valence-corrected chi connectivity index (χ2v) is 8.28. The molecule has 0 unspecified atom stereocenters. The number of aromatic nitrogens is 4. The minimum atomic E-state index is -0.314. The van der Waals surface area contributed by atoms with Crippen LogP contribution in [0, 0.1) is 0 Å². The lowest BCUT2D eigenvalue weighted by atomic mass is 9.99. The highest BCUT2D eigenvalue weighted by molar-refractivity contribution is 7.11. The van der Waals surface area contributed by atoms with E-state index in [1.165, 1.54) is 0 Å². The van der Waals surface area contributed by atoms with Crippen molar-refractivity contribution in [1.29, 1.82) is 0 Å². The fraction of sp³-hybridized carbons (Fsp3) is 0.333. The zero-order valence-corrected chi connectivity index (χ0v) is 16.9. The first-order valence-corrected chi connectivity index (χ1v) is 10.7. The number of carbonyl (C=O) groups is 1. The van der Waals surface area contributed by atoms with E-state index in [1.807, 2.05) is 35.2 Å². The van der Waals surface area contributed by atoms with Crippen molar-refractivity contribution in [2.24, 2.45) is 0 Å². The molecule has 0 spiro atoms. The van der Waals surface area contributed by atoms with E-state index >= 15 is 0 Å². The second-order valence-electron chi connectivity index (χ2n) is 7.14. The summed E-state index contributed by atoms with van der Waals surface area (Å²) < 4.78 is 6.13. The van der Waals surface area contributed by atoms with E-state index < -0.39 is 0 Å². The largest absolute Gasteiger partial charge is 0.458 e. The first-order chi connectivity index (χ1) is 14.2. The smallest absolute Gasteiger partial charge is 0.223 e. The van der Waals surface area contributed by atoms with Crippen molar-refractivity contribution in [1.82, 2.24) is 25.1 Å². The number of fused-ring (bicyclic) bond motifs is 2. The maximum atomic E-state index is 13.2. The molecule has 1 aliphatic rings. The Balaban J connectivity index is 1.43. The van der Waals surface area contributed by atoms with E-state index in [4.69, 9.17) is 4.42 Å². The number of para-hydroxylation sites is 1. The van der Waals surface area contributed by atoms with Crippen LogP contribution in [0.2, 0.25) is 0 Å². The van der Waals surface area contributed by atoms with E-state index in [0.29, 0.717) is 19.4 Å². The van der Waals surface area contributed by atoms with E-state index in [-0.39, 0.29) is 11.9 Å². The lowest BCUT2D eigenvalue weighted by molar-refractivity contribution is -0.133. The monoisotopic (exact) mass is 407 g/mol. The minimum Gasteiger partial charge on any atom is -0.458 e. The van der Waals surface area contributed by atoms with Crippen LogP contribution < -0.4 is 0 Å². The van der Waals surface area contributed by atoms with Crippen molar-refractivity contribution in [2.45, 2.75) is 38.6 Å². The van der Waals surface area contributed by atoms with Gasteiger partial charge >= 0.3 is 0 Å². The molecule has 5 rings (SSSR count). The van der Waals surface area contributed by atoms with Crippen molar-refractivity contribution in [3.05, 3.63) is 63.8 Å². The van der Waals surface area contributed by atoms with Crippen molar-refractivity contribution in [3.63, 3.8) is 0 Å². The highest BCUT2D eigenvalue weighted by Gasteiger charge is 2.36. The second kappa shape index (κ2) is 7.44. The van der Waals surface area contributed by atoms with Gasteiger partial charge in [0.05, 0.1) is 12.0 Å². The summed E-state index contributed by atoms with van der Waals surface area (Å²) in [5.74, 6) is 0.828. The number of aryl methyl sites for hydroxylation is 2. The van der Waals surface area contributed by atoms with Gasteiger partial charge in [0, 0.05) is 36.9 Å². The van der Waals surface area contributed by atoms with Crippen LogP contribution in [0.4, 0.5) is 0 Å². The van der Waals surface area contributed by atoms with Gasteiger partial charge in [-0.15, -0.1) is 21.5 Å². The molecule has 1 atom stereocenters. The van der Waals surface area contributed by atoms with Crippen LogP contribution in [-0.4, -0.2) is 37.5 Å². The number of hydrogen-bond donors (Lipinski definition) is 1. The fourth-order valence-electron chi connectivity index (χ4n) is 3.86. The molecule has 3 aromatic heterocycles. The summed E-state index contributed by atoms with van der Waals surface area (Å²) in [6, 6.07) is 9.60. The van der Waals surface area contributed by atoms with Gasteiger partial charge in [0.15, 0.2) is 0 Å². The van der Waals surface area contributed by atoms with Gasteiger partial charge in [-0.05, 0) is 18.6 Å². The highest BCUT2D eigenvalue weighted by atomic mass is 32.1. The Labute approximate surface area is 171 Å². The Hall–Kier alpha value is -3.00. The zero-order valence-electron chi connectivity index (χ0n) is 16.1. The number of hydrogen-bond acceptors (Lipinski definition) is 6. The number of nitrogens with zero attached hydrogens (tertiary/aromatic N) is 4. The van der Waals surface area contributed by atoms with Crippen molar-refractivity contribution in [2.75, 3.05) is 6.54 Å². The molecule has 4 heterocycles. The van der Waals surface area contributed by atoms with Gasteiger partial charge in [-0.3, -0.25) is 4.79 Å². The molecule has 4 aromatic rings. The average molecular weight is 407 g/mol. The molecule has 0 aliphatic carbocycles. The standard InChI is InChI=1S/C21H21N5O2S/c1-2-17-24-25-18(29-17)7-8-19(27)26-10-9-14-20(23-12-22-14)21(26)16-11-13-5-3-4-6-15(13)28-16/h3-6,11-12,21H,2,7-10H2,1H3,(H,22,23)/t21-/m1/s1. The summed E-state index contributed by atoms with van der Waals surface area (Å²) in [6.07, 6.45) is 4.33. The van der Waals surface area contributed by atoms with Crippen LogP contribution in [0.5, 0.6) is 0 Å². The molecular formula is C21H21N5O2S. The summed E-state index contributed by atoms with van der Waals surface area (Å²) in [5, 5.41) is 11.3. The molecule has 1 N–H and O–H groups in total. The molecule has 1 aromatic carbocycles. The summed E-state index contributed by atoms with van der Waals surface area (Å²) >= 11 is 1.58. The SMILES string of the molecule is CCc1nnc(CCC(=O)N2CCc3[nH]cnc3[C@H]2c2cc3ccccc3o2)s1. The first-order valence-electron chi connectivity index (χ1n) is 9.84. The van der Waals surface area contributed by atoms with Gasteiger partial charge in [0.1, 0.15) is 27.4 Å². The number of amides is 1. The molecule has 8 heteroatoms. The average Bonchev–Trinajstić information content (AvgIpc) is 3.49. The first kappa shape index (κ1) is 18.1. The topological polar surface area (TPSA) is 87.9 Å². The Morgan fingerprint density at radius 1 is 1.31 bits per heavy atom. The molecule has 0 saturated heterocycles. The van der Waals surface area contributed by atoms with Gasteiger partial charge in [0.25, 0.3) is 0 Å². The van der Waals surface area contributed by atoms with Crippen LogP contribution in [0.25, 0.3) is 11.0 Å². The predicted molar refractivity (Wildman–Crippen MR) is 110 cm³/mol. The van der Waals surface area contributed by atoms with Crippen molar-refractivity contribution < 1.29 is 9.21 Å². The number of imidazole rings is 1. The summed E-state index contributed by atoms with van der Waals surface area (Å²) in [7, 11) is 0. The van der Waals surface area contributed by atoms with E-state index in [9.17, 15) is 4.79 Å². The lowest BCUT2D eigenvalue weighted by Gasteiger charge is -2.33. The third kappa shape index (κ3) is 3.33. The Morgan fingerprint density at radius 2 is 2.17 bits per heavy atom. The molecule has 29 heavy (non-hydrogen) atoms. The van der Waals surface area contributed by atoms with Crippen LogP contribution >= 0.6 is 11.3 Å². The summed E-state index contributed by atoms with van der Waals surface area (Å²) in [5.41, 5.74) is 2.75. The molecule has 7 nitrogen and oxygen atoms in total. The van der Waals surface area contributed by atoms with E-state index in [1.54, 1.807) is 17.7 Å². The molecule has 0 saturated carbocycles. The number of carbonyl (C=O) groups excluding carboxylic acids is 1. The Morgan fingerprint density at radius 3 is 3.00 bits per heavy atom.